The molecule has 4 heteroatoms. The molecule has 0 saturated carbocycles. The molecule has 0 aromatic heterocycles. The summed E-state index contributed by atoms with van der Waals surface area (Å²) in [4.78, 5) is 2.30. The SMILES string of the molecule is CC(C)N(CCCCl)Cc1cc(F)cc(Br)c1. The van der Waals surface area contributed by atoms with E-state index in [0.717, 1.165) is 29.5 Å². The number of benzene rings is 1. The van der Waals surface area contributed by atoms with Crippen LogP contribution < -0.4 is 0 Å². The number of hydrogen-bond acceptors (Lipinski definition) is 1. The lowest BCUT2D eigenvalue weighted by atomic mass is 10.2. The number of alkyl halides is 1. The predicted octanol–water partition coefficient (Wildman–Crippen LogP) is 4.43. The monoisotopic (exact) mass is 321 g/mol. The molecule has 0 aliphatic heterocycles. The lowest BCUT2D eigenvalue weighted by Crippen LogP contribution is -2.31. The van der Waals surface area contributed by atoms with E-state index >= 15 is 0 Å². The van der Waals surface area contributed by atoms with Crippen molar-refractivity contribution in [2.75, 3.05) is 12.4 Å². The van der Waals surface area contributed by atoms with Crippen LogP contribution in [0.3, 0.4) is 0 Å². The molecule has 1 aromatic rings. The highest BCUT2D eigenvalue weighted by molar-refractivity contribution is 9.10. The molecule has 0 bridgehead atoms. The summed E-state index contributed by atoms with van der Waals surface area (Å²) in [6, 6.07) is 5.45. The molecule has 1 nitrogen and oxygen atoms in total. The van der Waals surface area contributed by atoms with Gasteiger partial charge in [-0.05, 0) is 50.6 Å². The van der Waals surface area contributed by atoms with Crippen LogP contribution in [0, 0.1) is 5.82 Å². The fraction of sp³-hybridized carbons (Fsp3) is 0.538. The highest BCUT2D eigenvalue weighted by Gasteiger charge is 2.10. The molecule has 0 heterocycles. The predicted molar refractivity (Wildman–Crippen MR) is 75.0 cm³/mol. The zero-order chi connectivity index (χ0) is 12.8. The van der Waals surface area contributed by atoms with Crippen LogP contribution in [0.25, 0.3) is 0 Å². The lowest BCUT2D eigenvalue weighted by molar-refractivity contribution is 0.213. The first kappa shape index (κ1) is 14.9. The van der Waals surface area contributed by atoms with Gasteiger partial charge in [0.05, 0.1) is 0 Å². The van der Waals surface area contributed by atoms with Crippen LogP contribution >= 0.6 is 27.5 Å². The molecule has 0 aliphatic carbocycles. The van der Waals surface area contributed by atoms with E-state index < -0.39 is 0 Å². The Balaban J connectivity index is 2.71. The van der Waals surface area contributed by atoms with Gasteiger partial charge in [-0.1, -0.05) is 15.9 Å². The van der Waals surface area contributed by atoms with Crippen molar-refractivity contribution in [1.82, 2.24) is 4.90 Å². The summed E-state index contributed by atoms with van der Waals surface area (Å²) in [5.41, 5.74) is 0.986. The first-order valence-corrected chi connectivity index (χ1v) is 7.10. The summed E-state index contributed by atoms with van der Waals surface area (Å²) in [6.07, 6.45) is 0.955. The molecule has 0 N–H and O–H groups in total. The van der Waals surface area contributed by atoms with Gasteiger partial charge in [0, 0.05) is 22.9 Å². The van der Waals surface area contributed by atoms with Gasteiger partial charge >= 0.3 is 0 Å². The summed E-state index contributed by atoms with van der Waals surface area (Å²) >= 11 is 9.02. The fourth-order valence-corrected chi connectivity index (χ4v) is 2.35. The van der Waals surface area contributed by atoms with Crippen molar-refractivity contribution in [2.24, 2.45) is 0 Å². The minimum atomic E-state index is -0.199. The Bertz CT molecular complexity index is 337. The molecule has 0 fully saturated rings. The van der Waals surface area contributed by atoms with Crippen molar-refractivity contribution in [2.45, 2.75) is 32.9 Å². The van der Waals surface area contributed by atoms with Gasteiger partial charge in [-0.25, -0.2) is 4.39 Å². The quantitative estimate of drug-likeness (QED) is 0.700. The molecule has 0 amide bonds. The number of nitrogens with zero attached hydrogens (tertiary/aromatic N) is 1. The first-order chi connectivity index (χ1) is 8.02. The molecule has 0 atom stereocenters. The topological polar surface area (TPSA) is 3.24 Å². The van der Waals surface area contributed by atoms with Crippen molar-refractivity contribution < 1.29 is 4.39 Å². The summed E-state index contributed by atoms with van der Waals surface area (Å²) in [6.45, 7) is 5.98. The Morgan fingerprint density at radius 1 is 1.35 bits per heavy atom. The maximum atomic E-state index is 13.3. The Kier molecular flexibility index (Phi) is 6.45. The van der Waals surface area contributed by atoms with Crippen LogP contribution in [0.5, 0.6) is 0 Å². The Hall–Kier alpha value is -0.120. The van der Waals surface area contributed by atoms with E-state index in [1.807, 2.05) is 6.07 Å². The molecule has 0 aliphatic rings. The second kappa shape index (κ2) is 7.34. The maximum absolute atomic E-state index is 13.3. The molecule has 96 valence electrons. The second-order valence-corrected chi connectivity index (χ2v) is 5.68. The molecule has 1 aromatic carbocycles. The van der Waals surface area contributed by atoms with Crippen LogP contribution in [0.15, 0.2) is 22.7 Å². The summed E-state index contributed by atoms with van der Waals surface area (Å²) in [5.74, 6) is 0.464. The Morgan fingerprint density at radius 2 is 2.06 bits per heavy atom. The van der Waals surface area contributed by atoms with Crippen LogP contribution in [-0.2, 0) is 6.54 Å². The molecular formula is C13H18BrClFN. The van der Waals surface area contributed by atoms with Crippen LogP contribution in [0.2, 0.25) is 0 Å². The number of hydrogen-bond donors (Lipinski definition) is 0. The number of rotatable bonds is 6. The lowest BCUT2D eigenvalue weighted by Gasteiger charge is -2.26. The highest BCUT2D eigenvalue weighted by Crippen LogP contribution is 2.17. The van der Waals surface area contributed by atoms with E-state index in [0.29, 0.717) is 11.9 Å². The molecule has 17 heavy (non-hydrogen) atoms. The Labute approximate surface area is 116 Å². The largest absolute Gasteiger partial charge is 0.297 e. The van der Waals surface area contributed by atoms with Crippen LogP contribution in [0.1, 0.15) is 25.8 Å². The van der Waals surface area contributed by atoms with Crippen molar-refractivity contribution >= 4 is 27.5 Å². The summed E-state index contributed by atoms with van der Waals surface area (Å²) in [5, 5.41) is 0. The zero-order valence-corrected chi connectivity index (χ0v) is 12.6. The average Bonchev–Trinajstić information content (AvgIpc) is 2.22. The summed E-state index contributed by atoms with van der Waals surface area (Å²) < 4.78 is 14.0. The fourth-order valence-electron chi connectivity index (χ4n) is 1.72. The van der Waals surface area contributed by atoms with E-state index in [-0.39, 0.29) is 5.82 Å². The van der Waals surface area contributed by atoms with Gasteiger partial charge in [0.15, 0.2) is 0 Å². The first-order valence-electron chi connectivity index (χ1n) is 5.78. The van der Waals surface area contributed by atoms with Crippen molar-refractivity contribution in [3.63, 3.8) is 0 Å². The maximum Gasteiger partial charge on any atom is 0.124 e. The van der Waals surface area contributed by atoms with E-state index in [1.165, 1.54) is 6.07 Å². The second-order valence-electron chi connectivity index (χ2n) is 4.38. The van der Waals surface area contributed by atoms with Gasteiger partial charge in [-0.2, -0.15) is 0 Å². The average molecular weight is 323 g/mol. The third kappa shape index (κ3) is 5.36. The number of halogens is 3. The minimum absolute atomic E-state index is 0.199. The van der Waals surface area contributed by atoms with Gasteiger partial charge in [0.1, 0.15) is 5.82 Å². The third-order valence-corrected chi connectivity index (χ3v) is 3.34. The molecule has 1 rings (SSSR count). The van der Waals surface area contributed by atoms with Crippen molar-refractivity contribution in [3.05, 3.63) is 34.1 Å². The van der Waals surface area contributed by atoms with E-state index in [4.69, 9.17) is 11.6 Å². The molecule has 0 spiro atoms. The highest BCUT2D eigenvalue weighted by atomic mass is 79.9. The molecule has 0 unspecified atom stereocenters. The standard InChI is InChI=1S/C13H18BrClFN/c1-10(2)17(5-3-4-15)9-11-6-12(14)8-13(16)7-11/h6-8,10H,3-5,9H2,1-2H3. The van der Waals surface area contributed by atoms with Gasteiger partial charge < -0.3 is 0 Å². The van der Waals surface area contributed by atoms with E-state index in [9.17, 15) is 4.39 Å². The van der Waals surface area contributed by atoms with Crippen molar-refractivity contribution in [3.8, 4) is 0 Å². The third-order valence-electron chi connectivity index (χ3n) is 2.62. The molecular weight excluding hydrogens is 305 g/mol. The van der Waals surface area contributed by atoms with Crippen LogP contribution in [0.4, 0.5) is 4.39 Å². The van der Waals surface area contributed by atoms with Crippen LogP contribution in [-0.4, -0.2) is 23.4 Å². The van der Waals surface area contributed by atoms with E-state index in [1.54, 1.807) is 6.07 Å². The minimum Gasteiger partial charge on any atom is -0.297 e. The van der Waals surface area contributed by atoms with Gasteiger partial charge in [-0.15, -0.1) is 11.6 Å². The van der Waals surface area contributed by atoms with Crippen molar-refractivity contribution in [1.29, 1.82) is 0 Å². The Morgan fingerprint density at radius 3 is 2.59 bits per heavy atom. The smallest absolute Gasteiger partial charge is 0.124 e. The van der Waals surface area contributed by atoms with Gasteiger partial charge in [0.25, 0.3) is 0 Å². The molecule has 0 radical (unpaired) electrons. The zero-order valence-electron chi connectivity index (χ0n) is 10.2. The summed E-state index contributed by atoms with van der Waals surface area (Å²) in [7, 11) is 0. The van der Waals surface area contributed by atoms with E-state index in [2.05, 4.69) is 34.7 Å². The van der Waals surface area contributed by atoms with Gasteiger partial charge in [0.2, 0.25) is 0 Å². The normalized spacial score (nSPS) is 11.5. The van der Waals surface area contributed by atoms with Gasteiger partial charge in [-0.3, -0.25) is 4.90 Å². The molecule has 0 saturated heterocycles.